The number of urea groups is 1. The summed E-state index contributed by atoms with van der Waals surface area (Å²) >= 11 is 0. The Bertz CT molecular complexity index is 157. The molecule has 7 nitrogen and oxygen atoms in total. The minimum Gasteiger partial charge on any atom is -0.352 e. The molecule has 0 aromatic rings. The van der Waals surface area contributed by atoms with Crippen molar-refractivity contribution in [2.45, 2.75) is 0 Å². The van der Waals surface area contributed by atoms with Crippen LogP contribution in [-0.4, -0.2) is 55.6 Å². The number of nitrogens with one attached hydrogen (secondary N) is 2. The number of carbonyl (C=O) groups is 1. The third-order valence-corrected chi connectivity index (χ3v) is 2.08. The van der Waals surface area contributed by atoms with Gasteiger partial charge in [-0.1, -0.05) is 0 Å². The molecule has 7 heteroatoms. The van der Waals surface area contributed by atoms with E-state index in [0.29, 0.717) is 0 Å². The van der Waals surface area contributed by atoms with E-state index in [1.165, 1.54) is 13.1 Å². The molecule has 0 aromatic carbocycles. The van der Waals surface area contributed by atoms with E-state index in [1.807, 2.05) is 0 Å². The van der Waals surface area contributed by atoms with Crippen LogP contribution in [0.2, 0.25) is 0 Å². The van der Waals surface area contributed by atoms with Crippen molar-refractivity contribution in [1.82, 2.24) is 20.7 Å². The molecule has 2 amide bonds. The molecule has 0 spiro atoms. The minimum absolute atomic E-state index is 0.833. The van der Waals surface area contributed by atoms with Crippen molar-refractivity contribution in [2.75, 3.05) is 39.5 Å². The first-order valence-corrected chi connectivity index (χ1v) is 4.66. The first-order chi connectivity index (χ1) is 6.70. The number of primary amides is 2. The van der Waals surface area contributed by atoms with Gasteiger partial charge in [-0.25, -0.2) is 14.8 Å². The van der Waals surface area contributed by atoms with Crippen LogP contribution in [0.5, 0.6) is 0 Å². The van der Waals surface area contributed by atoms with Gasteiger partial charge in [0, 0.05) is 26.2 Å². The first kappa shape index (κ1) is 11.2. The highest BCUT2D eigenvalue weighted by molar-refractivity contribution is 5.69. The monoisotopic (exact) mass is 202 g/mol. The fourth-order valence-electron chi connectivity index (χ4n) is 1.47. The molecule has 0 bridgehead atoms. The smallest absolute Gasteiger partial charge is 0.309 e. The summed E-state index contributed by atoms with van der Waals surface area (Å²) in [5.74, 6) is 0. The van der Waals surface area contributed by atoms with Crippen LogP contribution in [-0.2, 0) is 0 Å². The van der Waals surface area contributed by atoms with E-state index in [0.717, 1.165) is 26.4 Å². The maximum Gasteiger partial charge on any atom is 0.309 e. The lowest BCUT2D eigenvalue weighted by atomic mass is 10.6. The number of amides is 2. The number of carbonyl (C=O) groups excluding carboxylic acids is 1. The van der Waals surface area contributed by atoms with Gasteiger partial charge in [-0.15, -0.1) is 0 Å². The molecule has 6 N–H and O–H groups in total. The summed E-state index contributed by atoms with van der Waals surface area (Å²) in [5, 5.41) is 11.3. The van der Waals surface area contributed by atoms with Gasteiger partial charge >= 0.3 is 6.03 Å². The third-order valence-electron chi connectivity index (χ3n) is 2.08. The average Bonchev–Trinajstić information content (AvgIpc) is 2.76. The van der Waals surface area contributed by atoms with E-state index in [2.05, 4.69) is 32.1 Å². The predicted molar refractivity (Wildman–Crippen MR) is 52.9 cm³/mol. The Morgan fingerprint density at radius 1 is 1.00 bits per heavy atom. The molecule has 2 aliphatic heterocycles. The number of nitrogens with zero attached hydrogens (tertiary/aromatic N) is 2. The second-order valence-electron chi connectivity index (χ2n) is 3.18. The largest absolute Gasteiger partial charge is 0.352 e. The van der Waals surface area contributed by atoms with E-state index in [9.17, 15) is 0 Å². The number of hydrogen-bond donors (Lipinski definition) is 4. The fraction of sp³-hybridized carbons (Fsp3) is 0.857. The Hall–Kier alpha value is -0.890. The van der Waals surface area contributed by atoms with Crippen LogP contribution in [0, 0.1) is 0 Å². The lowest BCUT2D eigenvalue weighted by Crippen LogP contribution is -2.40. The zero-order chi connectivity index (χ0) is 10.4. The van der Waals surface area contributed by atoms with Crippen LogP contribution in [0.1, 0.15) is 0 Å². The molecule has 2 heterocycles. The van der Waals surface area contributed by atoms with Crippen LogP contribution in [0.15, 0.2) is 0 Å². The zero-order valence-corrected chi connectivity index (χ0v) is 8.20. The van der Waals surface area contributed by atoms with Crippen molar-refractivity contribution in [3.05, 3.63) is 0 Å². The second kappa shape index (κ2) is 5.76. The highest BCUT2D eigenvalue weighted by Crippen LogP contribution is 2.01. The second-order valence-corrected chi connectivity index (χ2v) is 3.18. The maximum atomic E-state index is 9.00. The van der Waals surface area contributed by atoms with Crippen LogP contribution in [0.3, 0.4) is 0 Å². The molecular formula is C7H18N6O. The van der Waals surface area contributed by atoms with Crippen LogP contribution in [0.4, 0.5) is 4.79 Å². The molecule has 14 heavy (non-hydrogen) atoms. The van der Waals surface area contributed by atoms with Gasteiger partial charge in [0.2, 0.25) is 0 Å². The maximum absolute atomic E-state index is 9.00. The van der Waals surface area contributed by atoms with Gasteiger partial charge in [0.15, 0.2) is 0 Å². The molecule has 2 rings (SSSR count). The Labute approximate surface area is 83.4 Å². The molecular weight excluding hydrogens is 184 g/mol. The van der Waals surface area contributed by atoms with Crippen molar-refractivity contribution < 1.29 is 4.79 Å². The molecule has 0 saturated carbocycles. The van der Waals surface area contributed by atoms with Gasteiger partial charge in [0.1, 0.15) is 0 Å². The molecule has 2 fully saturated rings. The van der Waals surface area contributed by atoms with E-state index in [4.69, 9.17) is 4.79 Å². The van der Waals surface area contributed by atoms with E-state index < -0.39 is 6.03 Å². The van der Waals surface area contributed by atoms with Crippen molar-refractivity contribution in [3.8, 4) is 0 Å². The Morgan fingerprint density at radius 3 is 1.57 bits per heavy atom. The van der Waals surface area contributed by atoms with Crippen molar-refractivity contribution in [2.24, 2.45) is 11.5 Å². The van der Waals surface area contributed by atoms with Gasteiger partial charge in [-0.2, -0.15) is 0 Å². The average molecular weight is 202 g/mol. The van der Waals surface area contributed by atoms with Crippen LogP contribution >= 0.6 is 0 Å². The first-order valence-electron chi connectivity index (χ1n) is 4.66. The lowest BCUT2D eigenvalue weighted by molar-refractivity contribution is 0.0195. The molecule has 0 unspecified atom stereocenters. The molecule has 2 saturated heterocycles. The third kappa shape index (κ3) is 3.88. The molecule has 0 radical (unpaired) electrons. The summed E-state index contributed by atoms with van der Waals surface area (Å²) in [4.78, 5) is 9.00. The van der Waals surface area contributed by atoms with Crippen molar-refractivity contribution in [1.29, 1.82) is 0 Å². The Morgan fingerprint density at radius 2 is 1.36 bits per heavy atom. The molecule has 0 aliphatic carbocycles. The molecule has 0 atom stereocenters. The van der Waals surface area contributed by atoms with Gasteiger partial charge in [-0.3, -0.25) is 0 Å². The zero-order valence-electron chi connectivity index (χ0n) is 8.20. The molecule has 82 valence electrons. The van der Waals surface area contributed by atoms with Crippen LogP contribution < -0.4 is 22.1 Å². The number of hydrogen-bond acceptors (Lipinski definition) is 5. The Kier molecular flexibility index (Phi) is 4.60. The predicted octanol–water partition coefficient (Wildman–Crippen LogP) is -2.35. The van der Waals surface area contributed by atoms with Crippen molar-refractivity contribution in [3.63, 3.8) is 0 Å². The summed E-state index contributed by atoms with van der Waals surface area (Å²) in [6, 6.07) is -0.833. The molecule has 2 aliphatic rings. The van der Waals surface area contributed by atoms with E-state index in [1.54, 1.807) is 0 Å². The highest BCUT2D eigenvalue weighted by Gasteiger charge is 2.20. The SMILES string of the molecule is C1CN(N2CCNC2)CN1.NC(N)=O. The van der Waals surface area contributed by atoms with Gasteiger partial charge < -0.3 is 22.1 Å². The van der Waals surface area contributed by atoms with E-state index in [-0.39, 0.29) is 0 Å². The summed E-state index contributed by atoms with van der Waals surface area (Å²) in [6.07, 6.45) is 0. The lowest BCUT2D eigenvalue weighted by Gasteiger charge is -2.24. The minimum atomic E-state index is -0.833. The summed E-state index contributed by atoms with van der Waals surface area (Å²) in [6.45, 7) is 6.67. The topological polar surface area (TPSA) is 99.7 Å². The van der Waals surface area contributed by atoms with Gasteiger partial charge in [0.25, 0.3) is 0 Å². The number of rotatable bonds is 1. The molecule has 0 aromatic heterocycles. The van der Waals surface area contributed by atoms with Gasteiger partial charge in [0.05, 0.1) is 13.3 Å². The number of hydrazine groups is 1. The normalized spacial score (nSPS) is 23.1. The number of nitrogens with two attached hydrogens (primary N) is 2. The highest BCUT2D eigenvalue weighted by atomic mass is 16.2. The fourth-order valence-corrected chi connectivity index (χ4v) is 1.47. The van der Waals surface area contributed by atoms with Gasteiger partial charge in [-0.05, 0) is 0 Å². The standard InChI is InChI=1S/C6H14N4.CH4N2O/c1-3-9(5-7-1)10-4-2-8-6-10;2-1(3)4/h7-8H,1-6H2;(H4,2,3,4). The van der Waals surface area contributed by atoms with Crippen LogP contribution in [0.25, 0.3) is 0 Å². The summed E-state index contributed by atoms with van der Waals surface area (Å²) in [7, 11) is 0. The van der Waals surface area contributed by atoms with Crippen molar-refractivity contribution >= 4 is 6.03 Å². The quantitative estimate of drug-likeness (QED) is 0.381. The summed E-state index contributed by atoms with van der Waals surface area (Å²) < 4.78 is 0. The Balaban J connectivity index is 0.000000213. The summed E-state index contributed by atoms with van der Waals surface area (Å²) in [5.41, 5.74) is 8.50. The van der Waals surface area contributed by atoms with E-state index >= 15 is 0 Å².